The normalized spacial score (nSPS) is 12.7. The molecule has 166 valence electrons. The van der Waals surface area contributed by atoms with Gasteiger partial charge >= 0.3 is 6.09 Å². The molecule has 1 unspecified atom stereocenters. The Morgan fingerprint density at radius 2 is 1.36 bits per heavy atom. The lowest BCUT2D eigenvalue weighted by atomic mass is 10.0. The van der Waals surface area contributed by atoms with Crippen LogP contribution in [0.2, 0.25) is 0 Å². The standard InChI is InChI=1S/C23H46N2O3/c1-7-8-9-10-11-12-13-14-15-16-17-24-21(26)20(18-19(2)3)25-22(27)28-23(4,5)6/h19-20H,7-18H2,1-6H3,(H,24,26)(H,25,27). The van der Waals surface area contributed by atoms with Crippen LogP contribution in [-0.2, 0) is 9.53 Å². The average molecular weight is 399 g/mol. The first-order valence-corrected chi connectivity index (χ1v) is 11.4. The number of carbonyl (C=O) groups is 2. The predicted molar refractivity (Wildman–Crippen MR) is 117 cm³/mol. The van der Waals surface area contributed by atoms with E-state index in [2.05, 4.69) is 17.6 Å². The van der Waals surface area contributed by atoms with Crippen molar-refractivity contribution in [3.05, 3.63) is 0 Å². The van der Waals surface area contributed by atoms with Gasteiger partial charge in [0.25, 0.3) is 0 Å². The summed E-state index contributed by atoms with van der Waals surface area (Å²) in [6.07, 6.45) is 12.8. The van der Waals surface area contributed by atoms with E-state index in [-0.39, 0.29) is 5.91 Å². The Kier molecular flexibility index (Phi) is 14.9. The second kappa shape index (κ2) is 15.6. The molecule has 0 saturated carbocycles. The fourth-order valence-corrected chi connectivity index (χ4v) is 3.10. The van der Waals surface area contributed by atoms with Gasteiger partial charge in [0.05, 0.1) is 0 Å². The molecule has 0 bridgehead atoms. The maximum Gasteiger partial charge on any atom is 0.408 e. The minimum atomic E-state index is -0.570. The van der Waals surface area contributed by atoms with Crippen molar-refractivity contribution < 1.29 is 14.3 Å². The number of ether oxygens (including phenoxy) is 1. The SMILES string of the molecule is CCCCCCCCCCCCNC(=O)C(CC(C)C)NC(=O)OC(C)(C)C. The molecule has 28 heavy (non-hydrogen) atoms. The van der Waals surface area contributed by atoms with E-state index >= 15 is 0 Å². The van der Waals surface area contributed by atoms with E-state index in [4.69, 9.17) is 4.74 Å². The maximum absolute atomic E-state index is 12.5. The molecular formula is C23H46N2O3. The van der Waals surface area contributed by atoms with Gasteiger partial charge in [-0.2, -0.15) is 0 Å². The van der Waals surface area contributed by atoms with E-state index in [1.54, 1.807) is 0 Å². The Morgan fingerprint density at radius 1 is 0.857 bits per heavy atom. The molecule has 1 atom stereocenters. The van der Waals surface area contributed by atoms with Crippen molar-refractivity contribution in [1.29, 1.82) is 0 Å². The number of amides is 2. The van der Waals surface area contributed by atoms with Gasteiger partial charge in [-0.05, 0) is 39.5 Å². The molecule has 0 aromatic heterocycles. The molecule has 2 N–H and O–H groups in total. The van der Waals surface area contributed by atoms with Gasteiger partial charge in [0.1, 0.15) is 11.6 Å². The third-order valence-electron chi connectivity index (χ3n) is 4.54. The van der Waals surface area contributed by atoms with E-state index in [0.717, 1.165) is 12.8 Å². The van der Waals surface area contributed by atoms with E-state index in [1.807, 2.05) is 34.6 Å². The summed E-state index contributed by atoms with van der Waals surface area (Å²) in [5.74, 6) is 0.193. The van der Waals surface area contributed by atoms with Crippen molar-refractivity contribution in [3.8, 4) is 0 Å². The third kappa shape index (κ3) is 16.9. The third-order valence-corrected chi connectivity index (χ3v) is 4.54. The molecule has 5 heteroatoms. The number of alkyl carbamates (subject to hydrolysis) is 1. The lowest BCUT2D eigenvalue weighted by Gasteiger charge is -2.24. The summed E-state index contributed by atoms with van der Waals surface area (Å²) >= 11 is 0. The van der Waals surface area contributed by atoms with Crippen LogP contribution >= 0.6 is 0 Å². The van der Waals surface area contributed by atoms with E-state index in [1.165, 1.54) is 51.4 Å². The van der Waals surface area contributed by atoms with Crippen LogP contribution in [0, 0.1) is 5.92 Å². The first-order valence-electron chi connectivity index (χ1n) is 11.4. The summed E-state index contributed by atoms with van der Waals surface area (Å²) in [4.78, 5) is 24.5. The molecule has 0 spiro atoms. The lowest BCUT2D eigenvalue weighted by molar-refractivity contribution is -0.123. The predicted octanol–water partition coefficient (Wildman–Crippen LogP) is 5.96. The fraction of sp³-hybridized carbons (Fsp3) is 0.913. The zero-order valence-corrected chi connectivity index (χ0v) is 19.4. The number of nitrogens with one attached hydrogen (secondary N) is 2. The van der Waals surface area contributed by atoms with Crippen LogP contribution in [0.4, 0.5) is 4.79 Å². The highest BCUT2D eigenvalue weighted by Gasteiger charge is 2.24. The Labute approximate surface area is 173 Å². The van der Waals surface area contributed by atoms with Crippen LogP contribution in [-0.4, -0.2) is 30.2 Å². The van der Waals surface area contributed by atoms with Crippen LogP contribution in [0.1, 0.15) is 112 Å². The van der Waals surface area contributed by atoms with E-state index in [0.29, 0.717) is 18.9 Å². The largest absolute Gasteiger partial charge is 0.444 e. The van der Waals surface area contributed by atoms with Crippen molar-refractivity contribution >= 4 is 12.0 Å². The number of carbonyl (C=O) groups excluding carboxylic acids is 2. The summed E-state index contributed by atoms with van der Waals surface area (Å²) in [6.45, 7) is 12.4. The summed E-state index contributed by atoms with van der Waals surface area (Å²) in [5, 5.41) is 5.69. The van der Waals surface area contributed by atoms with Gasteiger partial charge in [0, 0.05) is 6.54 Å². The lowest BCUT2D eigenvalue weighted by Crippen LogP contribution is -2.49. The van der Waals surface area contributed by atoms with E-state index in [9.17, 15) is 9.59 Å². The van der Waals surface area contributed by atoms with Crippen LogP contribution < -0.4 is 10.6 Å². The molecule has 0 radical (unpaired) electrons. The van der Waals surface area contributed by atoms with Crippen molar-refractivity contribution in [1.82, 2.24) is 10.6 Å². The highest BCUT2D eigenvalue weighted by atomic mass is 16.6. The summed E-state index contributed by atoms with van der Waals surface area (Å²) in [5.41, 5.74) is -0.570. The summed E-state index contributed by atoms with van der Waals surface area (Å²) in [6, 6.07) is -0.544. The van der Waals surface area contributed by atoms with Gasteiger partial charge in [-0.25, -0.2) is 4.79 Å². The van der Waals surface area contributed by atoms with Gasteiger partial charge in [0.15, 0.2) is 0 Å². The van der Waals surface area contributed by atoms with Gasteiger partial charge in [-0.3, -0.25) is 4.79 Å². The molecule has 0 aliphatic carbocycles. The molecule has 0 aromatic carbocycles. The number of hydrogen-bond donors (Lipinski definition) is 2. The van der Waals surface area contributed by atoms with Gasteiger partial charge in [0.2, 0.25) is 5.91 Å². The summed E-state index contributed by atoms with van der Waals surface area (Å²) < 4.78 is 5.28. The average Bonchev–Trinajstić information content (AvgIpc) is 2.56. The van der Waals surface area contributed by atoms with Crippen molar-refractivity contribution in [3.63, 3.8) is 0 Å². The molecule has 0 fully saturated rings. The highest BCUT2D eigenvalue weighted by molar-refractivity contribution is 5.85. The zero-order chi connectivity index (χ0) is 21.4. The number of unbranched alkanes of at least 4 members (excludes halogenated alkanes) is 9. The number of rotatable bonds is 15. The Hall–Kier alpha value is -1.26. The molecule has 2 amide bonds. The zero-order valence-electron chi connectivity index (χ0n) is 19.4. The molecule has 0 saturated heterocycles. The van der Waals surface area contributed by atoms with Crippen LogP contribution in [0.3, 0.4) is 0 Å². The van der Waals surface area contributed by atoms with E-state index < -0.39 is 17.7 Å². The van der Waals surface area contributed by atoms with Gasteiger partial charge in [-0.1, -0.05) is 78.6 Å². The minimum absolute atomic E-state index is 0.115. The van der Waals surface area contributed by atoms with Gasteiger partial charge in [-0.15, -0.1) is 0 Å². The smallest absolute Gasteiger partial charge is 0.408 e. The summed E-state index contributed by atoms with van der Waals surface area (Å²) in [7, 11) is 0. The molecule has 0 heterocycles. The second-order valence-electron chi connectivity index (χ2n) is 9.30. The van der Waals surface area contributed by atoms with Crippen molar-refractivity contribution in [2.75, 3.05) is 6.54 Å². The Morgan fingerprint density at radius 3 is 1.82 bits per heavy atom. The van der Waals surface area contributed by atoms with Gasteiger partial charge < -0.3 is 15.4 Å². The molecular weight excluding hydrogens is 352 g/mol. The molecule has 0 aromatic rings. The Bertz CT molecular complexity index is 417. The fourth-order valence-electron chi connectivity index (χ4n) is 3.10. The van der Waals surface area contributed by atoms with Crippen LogP contribution in [0.25, 0.3) is 0 Å². The van der Waals surface area contributed by atoms with Crippen LogP contribution in [0.15, 0.2) is 0 Å². The molecule has 0 aliphatic rings. The minimum Gasteiger partial charge on any atom is -0.444 e. The monoisotopic (exact) mass is 398 g/mol. The maximum atomic E-state index is 12.5. The van der Waals surface area contributed by atoms with Crippen molar-refractivity contribution in [2.24, 2.45) is 5.92 Å². The number of hydrogen-bond acceptors (Lipinski definition) is 3. The quantitative estimate of drug-likeness (QED) is 0.334. The first-order chi connectivity index (χ1) is 13.2. The highest BCUT2D eigenvalue weighted by Crippen LogP contribution is 2.11. The molecule has 0 rings (SSSR count). The molecule has 5 nitrogen and oxygen atoms in total. The second-order valence-corrected chi connectivity index (χ2v) is 9.30. The topological polar surface area (TPSA) is 67.4 Å². The first kappa shape index (κ1) is 26.7. The Balaban J connectivity index is 3.98. The van der Waals surface area contributed by atoms with Crippen LogP contribution in [0.5, 0.6) is 0 Å². The van der Waals surface area contributed by atoms with Crippen molar-refractivity contribution in [2.45, 2.75) is 124 Å². The molecule has 0 aliphatic heterocycles.